The Bertz CT molecular complexity index is 1270. The number of fused-ring (bicyclic) bond motifs is 1. The van der Waals surface area contributed by atoms with Gasteiger partial charge in [-0.1, -0.05) is 42.5 Å². The van der Waals surface area contributed by atoms with Crippen molar-refractivity contribution in [2.45, 2.75) is 13.5 Å². The summed E-state index contributed by atoms with van der Waals surface area (Å²) in [5.41, 5.74) is 7.35. The third-order valence-corrected chi connectivity index (χ3v) is 4.70. The van der Waals surface area contributed by atoms with Gasteiger partial charge in [0, 0.05) is 5.56 Å². The van der Waals surface area contributed by atoms with Gasteiger partial charge in [-0.25, -0.2) is 24.3 Å². The molecule has 0 aliphatic carbocycles. The summed E-state index contributed by atoms with van der Waals surface area (Å²) in [6.07, 6.45) is 0.756. The summed E-state index contributed by atoms with van der Waals surface area (Å²) in [7, 11) is 0. The van der Waals surface area contributed by atoms with E-state index in [9.17, 15) is 14.0 Å². The van der Waals surface area contributed by atoms with E-state index in [2.05, 4.69) is 16.0 Å². The van der Waals surface area contributed by atoms with Crippen LogP contribution in [-0.2, 0) is 11.3 Å². The van der Waals surface area contributed by atoms with Crippen LogP contribution >= 0.6 is 0 Å². The largest absolute Gasteiger partial charge is 0.449 e. The second kappa shape index (κ2) is 9.25. The minimum absolute atomic E-state index is 0.173. The molecular formula is C23H20FN5O3. The lowest BCUT2D eigenvalue weighted by molar-refractivity contribution is 0.0914. The molecule has 2 aromatic carbocycles. The molecule has 2 aromatic heterocycles. The van der Waals surface area contributed by atoms with Crippen LogP contribution in [0.4, 0.5) is 9.18 Å². The lowest BCUT2D eigenvalue weighted by Gasteiger charge is -2.10. The zero-order chi connectivity index (χ0) is 22.5. The highest BCUT2D eigenvalue weighted by Crippen LogP contribution is 2.25. The molecule has 8 nitrogen and oxygen atoms in total. The Morgan fingerprint density at radius 3 is 2.62 bits per heavy atom. The maximum Gasteiger partial charge on any atom is 0.426 e. The Morgan fingerprint density at radius 1 is 1.06 bits per heavy atom. The predicted octanol–water partition coefficient (Wildman–Crippen LogP) is 3.68. The fraction of sp³-hybridized carbons (Fsp3) is 0.130. The van der Waals surface area contributed by atoms with Gasteiger partial charge in [0.25, 0.3) is 5.91 Å². The van der Waals surface area contributed by atoms with Crippen LogP contribution in [0.1, 0.15) is 22.8 Å². The molecule has 0 spiro atoms. The number of pyridine rings is 1. The van der Waals surface area contributed by atoms with Crippen LogP contribution < -0.4 is 10.9 Å². The Hall–Kier alpha value is -4.27. The highest BCUT2D eigenvalue weighted by molar-refractivity contribution is 6.06. The molecule has 0 bridgehead atoms. The van der Waals surface area contributed by atoms with Crippen molar-refractivity contribution in [1.82, 2.24) is 25.6 Å². The molecule has 0 radical (unpaired) electrons. The molecule has 4 rings (SSSR count). The van der Waals surface area contributed by atoms with Gasteiger partial charge in [0.1, 0.15) is 5.82 Å². The van der Waals surface area contributed by atoms with Crippen LogP contribution in [-0.4, -0.2) is 33.4 Å². The molecule has 9 heteroatoms. The number of nitrogens with one attached hydrogen (secondary N) is 2. The monoisotopic (exact) mass is 433 g/mol. The molecule has 162 valence electrons. The zero-order valence-corrected chi connectivity index (χ0v) is 17.2. The van der Waals surface area contributed by atoms with Crippen molar-refractivity contribution in [1.29, 1.82) is 0 Å². The fourth-order valence-corrected chi connectivity index (χ4v) is 3.26. The van der Waals surface area contributed by atoms with E-state index in [4.69, 9.17) is 9.72 Å². The first kappa shape index (κ1) is 21.0. The molecular weight excluding hydrogens is 413 g/mol. The number of amides is 2. The van der Waals surface area contributed by atoms with Crippen molar-refractivity contribution in [2.24, 2.45) is 0 Å². The minimum Gasteiger partial charge on any atom is -0.449 e. The van der Waals surface area contributed by atoms with E-state index in [1.165, 1.54) is 18.3 Å². The van der Waals surface area contributed by atoms with E-state index < -0.39 is 12.0 Å². The van der Waals surface area contributed by atoms with E-state index in [-0.39, 0.29) is 24.5 Å². The maximum absolute atomic E-state index is 13.6. The van der Waals surface area contributed by atoms with Crippen LogP contribution in [0.5, 0.6) is 0 Å². The molecule has 0 saturated heterocycles. The number of hydrogen-bond donors (Lipinski definition) is 2. The number of carbonyl (C=O) groups excluding carboxylic acids is 2. The average Bonchev–Trinajstić information content (AvgIpc) is 3.20. The van der Waals surface area contributed by atoms with Gasteiger partial charge in [-0.3, -0.25) is 10.2 Å². The topological polar surface area (TPSA) is 98.1 Å². The molecule has 32 heavy (non-hydrogen) atoms. The number of hydrazine groups is 1. The number of rotatable bonds is 5. The van der Waals surface area contributed by atoms with Crippen LogP contribution in [0, 0.1) is 5.82 Å². The quantitative estimate of drug-likeness (QED) is 0.468. The van der Waals surface area contributed by atoms with Gasteiger partial charge >= 0.3 is 6.09 Å². The predicted molar refractivity (Wildman–Crippen MR) is 116 cm³/mol. The summed E-state index contributed by atoms with van der Waals surface area (Å²) in [6, 6.07) is 17.2. The third-order valence-electron chi connectivity index (χ3n) is 4.70. The van der Waals surface area contributed by atoms with Crippen molar-refractivity contribution in [3.05, 3.63) is 83.8 Å². The molecule has 2 N–H and O–H groups in total. The van der Waals surface area contributed by atoms with Gasteiger partial charge in [-0.2, -0.15) is 5.10 Å². The maximum atomic E-state index is 13.6. The summed E-state index contributed by atoms with van der Waals surface area (Å²) in [5.74, 6) is -0.894. The molecule has 0 fully saturated rings. The molecule has 2 amide bonds. The highest BCUT2D eigenvalue weighted by atomic mass is 19.1. The Morgan fingerprint density at radius 2 is 1.88 bits per heavy atom. The van der Waals surface area contributed by atoms with Crippen molar-refractivity contribution >= 4 is 23.0 Å². The highest BCUT2D eigenvalue weighted by Gasteiger charge is 2.18. The third kappa shape index (κ3) is 4.56. The second-order valence-corrected chi connectivity index (χ2v) is 6.89. The van der Waals surface area contributed by atoms with Crippen LogP contribution in [0.25, 0.3) is 22.3 Å². The number of hydrogen-bond acceptors (Lipinski definition) is 5. The van der Waals surface area contributed by atoms with E-state index in [0.717, 1.165) is 5.56 Å². The summed E-state index contributed by atoms with van der Waals surface area (Å²) >= 11 is 0. The number of halogens is 1. The van der Waals surface area contributed by atoms with Gasteiger partial charge in [0.15, 0.2) is 5.65 Å². The standard InChI is InChI=1S/C23H20FN5O3/c1-2-32-23(31)28-27-22(30)18-12-20(16-8-4-3-5-9-16)26-21-19(18)13-25-29(21)14-15-7-6-10-17(24)11-15/h3-13H,2,14H2,1H3,(H,27,30)(H,28,31). The molecule has 0 atom stereocenters. The van der Waals surface area contributed by atoms with E-state index in [1.807, 2.05) is 30.3 Å². The Kier molecular flexibility index (Phi) is 6.07. The smallest absolute Gasteiger partial charge is 0.426 e. The van der Waals surface area contributed by atoms with Gasteiger partial charge < -0.3 is 4.74 Å². The van der Waals surface area contributed by atoms with Crippen LogP contribution in [0.2, 0.25) is 0 Å². The lowest BCUT2D eigenvalue weighted by atomic mass is 10.1. The van der Waals surface area contributed by atoms with Crippen molar-refractivity contribution < 1.29 is 18.7 Å². The molecule has 4 aromatic rings. The van der Waals surface area contributed by atoms with Gasteiger partial charge in [-0.05, 0) is 30.7 Å². The zero-order valence-electron chi connectivity index (χ0n) is 17.2. The molecule has 0 saturated carbocycles. The van der Waals surface area contributed by atoms with E-state index in [1.54, 1.807) is 29.8 Å². The SMILES string of the molecule is CCOC(=O)NNC(=O)c1cc(-c2ccccc2)nc2c1cnn2Cc1cccc(F)c1. The summed E-state index contributed by atoms with van der Waals surface area (Å²) in [5, 5.41) is 4.85. The normalized spacial score (nSPS) is 10.7. The Labute approximate surface area is 183 Å². The first-order chi connectivity index (χ1) is 15.5. The van der Waals surface area contributed by atoms with Gasteiger partial charge in [-0.15, -0.1) is 0 Å². The number of benzene rings is 2. The van der Waals surface area contributed by atoms with E-state index in [0.29, 0.717) is 22.3 Å². The van der Waals surface area contributed by atoms with Gasteiger partial charge in [0.2, 0.25) is 0 Å². The molecule has 0 aliphatic rings. The van der Waals surface area contributed by atoms with Crippen LogP contribution in [0.15, 0.2) is 66.9 Å². The number of aromatic nitrogens is 3. The fourth-order valence-electron chi connectivity index (χ4n) is 3.26. The summed E-state index contributed by atoms with van der Waals surface area (Å²) in [6.45, 7) is 2.10. The minimum atomic E-state index is -0.767. The van der Waals surface area contributed by atoms with Gasteiger partial charge in [0.05, 0.1) is 36.0 Å². The Balaban J connectivity index is 1.75. The first-order valence-electron chi connectivity index (χ1n) is 9.94. The summed E-state index contributed by atoms with van der Waals surface area (Å²) < 4.78 is 20.0. The second-order valence-electron chi connectivity index (χ2n) is 6.89. The number of nitrogens with zero attached hydrogens (tertiary/aromatic N) is 3. The van der Waals surface area contributed by atoms with Crippen molar-refractivity contribution in [2.75, 3.05) is 6.61 Å². The molecule has 2 heterocycles. The van der Waals surface area contributed by atoms with Crippen LogP contribution in [0.3, 0.4) is 0 Å². The van der Waals surface area contributed by atoms with E-state index >= 15 is 0 Å². The number of carbonyl (C=O) groups is 2. The molecule has 0 aliphatic heterocycles. The average molecular weight is 433 g/mol. The molecule has 0 unspecified atom stereocenters. The van der Waals surface area contributed by atoms with Crippen molar-refractivity contribution in [3.8, 4) is 11.3 Å². The first-order valence-corrected chi connectivity index (χ1v) is 9.94. The summed E-state index contributed by atoms with van der Waals surface area (Å²) in [4.78, 5) is 29.1. The lowest BCUT2D eigenvalue weighted by Crippen LogP contribution is -2.42. The number of ether oxygens (including phenoxy) is 1. The van der Waals surface area contributed by atoms with Crippen molar-refractivity contribution in [3.63, 3.8) is 0 Å².